The van der Waals surface area contributed by atoms with Crippen molar-refractivity contribution >= 4 is 55.8 Å². The summed E-state index contributed by atoms with van der Waals surface area (Å²) in [5.41, 5.74) is 0.532. The monoisotopic (exact) mass is 394 g/mol. The topological polar surface area (TPSA) is 69.2 Å². The van der Waals surface area contributed by atoms with E-state index in [9.17, 15) is 9.59 Å². The van der Waals surface area contributed by atoms with E-state index in [1.54, 1.807) is 6.07 Å². The highest BCUT2D eigenvalue weighted by atomic mass is 32.2. The second-order valence-electron chi connectivity index (χ2n) is 5.75. The molecule has 0 saturated carbocycles. The van der Waals surface area contributed by atoms with Crippen molar-refractivity contribution in [2.45, 2.75) is 5.03 Å². The number of hydrogen-bond acceptors (Lipinski definition) is 7. The summed E-state index contributed by atoms with van der Waals surface area (Å²) < 4.78 is 5.14. The van der Waals surface area contributed by atoms with Gasteiger partial charge in [-0.2, -0.15) is 0 Å². The molecule has 0 aliphatic heterocycles. The van der Waals surface area contributed by atoms with Crippen LogP contribution in [0.15, 0.2) is 65.3 Å². The van der Waals surface area contributed by atoms with E-state index in [0.29, 0.717) is 5.56 Å². The fourth-order valence-corrected chi connectivity index (χ4v) is 4.22. The molecule has 0 aliphatic carbocycles. The molecule has 0 radical (unpaired) electrons. The van der Waals surface area contributed by atoms with Gasteiger partial charge in [-0.3, -0.25) is 9.59 Å². The lowest BCUT2D eigenvalue weighted by Crippen LogP contribution is -2.15. The first-order chi connectivity index (χ1) is 13.2. The maximum Gasteiger partial charge on any atom is 0.316 e. The number of fused-ring (bicyclic) bond motifs is 2. The number of carbonyl (C=O) groups is 2. The molecule has 134 valence electrons. The Morgan fingerprint density at radius 2 is 1.89 bits per heavy atom. The average Bonchev–Trinajstić information content (AvgIpc) is 3.19. The first-order valence-corrected chi connectivity index (χ1v) is 10.1. The van der Waals surface area contributed by atoms with E-state index in [2.05, 4.69) is 9.97 Å². The van der Waals surface area contributed by atoms with Crippen LogP contribution in [0.2, 0.25) is 0 Å². The second-order valence-corrected chi connectivity index (χ2v) is 7.61. The van der Waals surface area contributed by atoms with Gasteiger partial charge in [-0.1, -0.05) is 48.2 Å². The number of carbonyl (C=O) groups excluding carboxylic acids is 2. The lowest BCUT2D eigenvalue weighted by Gasteiger charge is -2.06. The molecule has 2 aromatic heterocycles. The van der Waals surface area contributed by atoms with Gasteiger partial charge in [0.05, 0.1) is 5.75 Å². The molecule has 0 N–H and O–H groups in total. The van der Waals surface area contributed by atoms with Gasteiger partial charge >= 0.3 is 5.97 Å². The number of thioether (sulfide) groups is 1. The Hall–Kier alpha value is -2.77. The van der Waals surface area contributed by atoms with Crippen LogP contribution in [0.3, 0.4) is 0 Å². The number of hydrogen-bond donors (Lipinski definition) is 0. The molecule has 0 unspecified atom stereocenters. The predicted octanol–water partition coefficient (Wildman–Crippen LogP) is 4.36. The molecule has 4 rings (SSSR count). The number of esters is 1. The normalized spacial score (nSPS) is 11.0. The Morgan fingerprint density at radius 3 is 2.78 bits per heavy atom. The number of ketones is 1. The molecule has 2 aromatic carbocycles. The Kier molecular flexibility index (Phi) is 5.13. The number of rotatable bonds is 6. The average molecular weight is 394 g/mol. The Balaban J connectivity index is 1.34. The number of aromatic nitrogens is 2. The highest BCUT2D eigenvalue weighted by Gasteiger charge is 2.13. The fourth-order valence-electron chi connectivity index (χ4n) is 2.64. The number of ether oxygens (including phenoxy) is 1. The molecule has 0 amide bonds. The third kappa shape index (κ3) is 3.99. The van der Waals surface area contributed by atoms with Crippen molar-refractivity contribution in [3.8, 4) is 0 Å². The van der Waals surface area contributed by atoms with Crippen LogP contribution < -0.4 is 0 Å². The highest BCUT2D eigenvalue weighted by molar-refractivity contribution is 8.00. The Bertz CT molecular complexity index is 1140. The number of benzene rings is 2. The summed E-state index contributed by atoms with van der Waals surface area (Å²) in [6.07, 6.45) is 1.48. The molecule has 0 spiro atoms. The lowest BCUT2D eigenvalue weighted by atomic mass is 10.0. The van der Waals surface area contributed by atoms with E-state index >= 15 is 0 Å². The van der Waals surface area contributed by atoms with Gasteiger partial charge in [0.15, 0.2) is 12.4 Å². The molecule has 0 aliphatic rings. The summed E-state index contributed by atoms with van der Waals surface area (Å²) >= 11 is 2.80. The third-order valence-corrected chi connectivity index (χ3v) is 5.79. The van der Waals surface area contributed by atoms with E-state index < -0.39 is 5.97 Å². The van der Waals surface area contributed by atoms with E-state index in [4.69, 9.17) is 4.74 Å². The van der Waals surface area contributed by atoms with Crippen LogP contribution in [-0.2, 0) is 9.53 Å². The molecule has 5 nitrogen and oxygen atoms in total. The maximum absolute atomic E-state index is 12.3. The van der Waals surface area contributed by atoms with Crippen molar-refractivity contribution in [3.05, 3.63) is 65.8 Å². The van der Waals surface area contributed by atoms with Crippen LogP contribution in [0.1, 0.15) is 10.4 Å². The molecule has 0 fully saturated rings. The lowest BCUT2D eigenvalue weighted by molar-refractivity contribution is -0.139. The minimum atomic E-state index is -0.448. The second kappa shape index (κ2) is 7.85. The van der Waals surface area contributed by atoms with E-state index in [-0.39, 0.29) is 18.1 Å². The van der Waals surface area contributed by atoms with Crippen LogP contribution >= 0.6 is 23.1 Å². The number of Topliss-reactive ketones (excluding diaryl/α,β-unsaturated/α-hetero) is 1. The third-order valence-electron chi connectivity index (χ3n) is 3.99. The zero-order valence-electron chi connectivity index (χ0n) is 14.1. The van der Waals surface area contributed by atoms with Crippen LogP contribution in [-0.4, -0.2) is 34.1 Å². The first kappa shape index (κ1) is 17.6. The quantitative estimate of drug-likeness (QED) is 0.209. The predicted molar refractivity (Wildman–Crippen MR) is 107 cm³/mol. The van der Waals surface area contributed by atoms with Gasteiger partial charge in [0.2, 0.25) is 0 Å². The molecular formula is C20H14N2O3S2. The molecule has 0 atom stereocenters. The summed E-state index contributed by atoms with van der Waals surface area (Å²) in [5, 5.41) is 5.64. The summed E-state index contributed by atoms with van der Waals surface area (Å²) in [6.45, 7) is -0.268. The van der Waals surface area contributed by atoms with E-state index in [0.717, 1.165) is 26.0 Å². The van der Waals surface area contributed by atoms with Crippen molar-refractivity contribution in [2.24, 2.45) is 0 Å². The van der Waals surface area contributed by atoms with Crippen LogP contribution in [0.5, 0.6) is 0 Å². The van der Waals surface area contributed by atoms with Crippen molar-refractivity contribution in [3.63, 3.8) is 0 Å². The van der Waals surface area contributed by atoms with Gasteiger partial charge in [-0.15, -0.1) is 11.3 Å². The van der Waals surface area contributed by atoms with Gasteiger partial charge in [0.1, 0.15) is 16.2 Å². The van der Waals surface area contributed by atoms with Gasteiger partial charge in [-0.25, -0.2) is 9.97 Å². The zero-order chi connectivity index (χ0) is 18.6. The van der Waals surface area contributed by atoms with E-state index in [1.165, 1.54) is 29.4 Å². The van der Waals surface area contributed by atoms with Crippen LogP contribution in [0, 0.1) is 0 Å². The van der Waals surface area contributed by atoms with Crippen molar-refractivity contribution in [1.29, 1.82) is 0 Å². The van der Waals surface area contributed by atoms with Gasteiger partial charge in [0, 0.05) is 10.9 Å². The van der Waals surface area contributed by atoms with Crippen LogP contribution in [0.4, 0.5) is 0 Å². The fraction of sp³-hybridized carbons (Fsp3) is 0.100. The summed E-state index contributed by atoms with van der Waals surface area (Å²) in [4.78, 5) is 33.6. The summed E-state index contributed by atoms with van der Waals surface area (Å²) in [6, 6.07) is 15.2. The molecule has 4 aromatic rings. The first-order valence-electron chi connectivity index (χ1n) is 8.19. The number of thiophene rings is 1. The van der Waals surface area contributed by atoms with Gasteiger partial charge < -0.3 is 4.74 Å². The van der Waals surface area contributed by atoms with Crippen molar-refractivity contribution < 1.29 is 14.3 Å². The summed E-state index contributed by atoms with van der Waals surface area (Å²) in [7, 11) is 0. The Labute approximate surface area is 163 Å². The largest absolute Gasteiger partial charge is 0.457 e. The highest BCUT2D eigenvalue weighted by Crippen LogP contribution is 2.27. The van der Waals surface area contributed by atoms with Crippen molar-refractivity contribution in [2.75, 3.05) is 12.4 Å². The molecule has 27 heavy (non-hydrogen) atoms. The number of nitrogens with zero attached hydrogens (tertiary/aromatic N) is 2. The van der Waals surface area contributed by atoms with E-state index in [1.807, 2.05) is 47.8 Å². The van der Waals surface area contributed by atoms with Gasteiger partial charge in [0.25, 0.3) is 0 Å². The zero-order valence-corrected chi connectivity index (χ0v) is 15.8. The smallest absolute Gasteiger partial charge is 0.316 e. The minimum absolute atomic E-state index is 0.0902. The van der Waals surface area contributed by atoms with Crippen LogP contribution in [0.25, 0.3) is 21.0 Å². The Morgan fingerprint density at radius 1 is 1.04 bits per heavy atom. The molecular weight excluding hydrogens is 380 g/mol. The SMILES string of the molecule is O=C(CSc1ncnc2sccc12)OCC(=O)c1ccc2ccccc2c1. The minimum Gasteiger partial charge on any atom is -0.457 e. The molecule has 7 heteroatoms. The standard InChI is InChI=1S/C20H14N2O3S2/c23-17(15-6-5-13-3-1-2-4-14(13)9-15)10-25-18(24)11-27-20-16-7-8-26-19(16)21-12-22-20/h1-9,12H,10-11H2. The van der Waals surface area contributed by atoms with Crippen molar-refractivity contribution in [1.82, 2.24) is 9.97 Å². The van der Waals surface area contributed by atoms with Gasteiger partial charge in [-0.05, 0) is 28.3 Å². The maximum atomic E-state index is 12.3. The molecule has 0 saturated heterocycles. The molecule has 0 bridgehead atoms. The summed E-state index contributed by atoms with van der Waals surface area (Å²) in [5.74, 6) is -0.579. The molecule has 2 heterocycles.